The first-order chi connectivity index (χ1) is 7.66. The van der Waals surface area contributed by atoms with Gasteiger partial charge in [0, 0.05) is 17.8 Å². The summed E-state index contributed by atoms with van der Waals surface area (Å²) in [5, 5.41) is 0.262. The first-order valence-corrected chi connectivity index (χ1v) is 5.90. The van der Waals surface area contributed by atoms with Gasteiger partial charge in [-0.1, -0.05) is 18.2 Å². The summed E-state index contributed by atoms with van der Waals surface area (Å²) in [6.45, 7) is 2.68. The number of thiol groups is 1. The number of carbonyl (C=O) groups is 1. The average Bonchev–Trinajstić information content (AvgIpc) is 2.59. The minimum Gasteiger partial charge on any atom is -0.410 e. The van der Waals surface area contributed by atoms with E-state index in [2.05, 4.69) is 12.6 Å². The summed E-state index contributed by atoms with van der Waals surface area (Å²) >= 11 is 4.38. The van der Waals surface area contributed by atoms with Gasteiger partial charge < -0.3 is 9.64 Å². The number of benzene rings is 1. The summed E-state index contributed by atoms with van der Waals surface area (Å²) in [7, 11) is 0. The van der Waals surface area contributed by atoms with E-state index in [1.54, 1.807) is 17.0 Å². The molecule has 1 aromatic rings. The minimum absolute atomic E-state index is 0.207. The van der Waals surface area contributed by atoms with E-state index >= 15 is 0 Å². The molecule has 1 aliphatic heterocycles. The molecule has 0 bridgehead atoms. The van der Waals surface area contributed by atoms with Crippen molar-refractivity contribution in [1.29, 1.82) is 0 Å². The van der Waals surface area contributed by atoms with Crippen LogP contribution >= 0.6 is 12.6 Å². The van der Waals surface area contributed by atoms with Gasteiger partial charge in [-0.25, -0.2) is 4.79 Å². The van der Waals surface area contributed by atoms with Gasteiger partial charge in [0.05, 0.1) is 0 Å². The molecule has 1 aliphatic rings. The van der Waals surface area contributed by atoms with Gasteiger partial charge in [0.2, 0.25) is 0 Å². The van der Waals surface area contributed by atoms with Crippen LogP contribution in [-0.2, 0) is 0 Å². The van der Waals surface area contributed by atoms with Crippen LogP contribution in [0.5, 0.6) is 5.75 Å². The molecule has 0 radical (unpaired) electrons. The van der Waals surface area contributed by atoms with Gasteiger partial charge in [0.25, 0.3) is 0 Å². The Morgan fingerprint density at radius 1 is 1.44 bits per heavy atom. The molecule has 0 aliphatic carbocycles. The molecule has 1 aromatic carbocycles. The van der Waals surface area contributed by atoms with Crippen molar-refractivity contribution in [2.24, 2.45) is 0 Å². The Labute approximate surface area is 101 Å². The first-order valence-electron chi connectivity index (χ1n) is 5.38. The third-order valence-electron chi connectivity index (χ3n) is 2.74. The Balaban J connectivity index is 1.99. The lowest BCUT2D eigenvalue weighted by Gasteiger charge is -2.20. The molecule has 1 saturated heterocycles. The molecule has 2 rings (SSSR count). The second kappa shape index (κ2) is 4.78. The Bertz CT molecular complexity index is 369. The van der Waals surface area contributed by atoms with Crippen molar-refractivity contribution in [1.82, 2.24) is 4.90 Å². The highest BCUT2D eigenvalue weighted by atomic mass is 32.1. The Kier molecular flexibility index (Phi) is 3.39. The highest BCUT2D eigenvalue weighted by Gasteiger charge is 2.31. The molecule has 0 saturated carbocycles. The third-order valence-corrected chi connectivity index (χ3v) is 3.11. The van der Waals surface area contributed by atoms with Crippen LogP contribution in [0.1, 0.15) is 13.3 Å². The summed E-state index contributed by atoms with van der Waals surface area (Å²) < 4.78 is 5.27. The number of likely N-dealkylation sites (tertiary alicyclic amines) is 1. The van der Waals surface area contributed by atoms with E-state index in [4.69, 9.17) is 4.74 Å². The van der Waals surface area contributed by atoms with Crippen molar-refractivity contribution in [2.45, 2.75) is 24.6 Å². The second-order valence-electron chi connectivity index (χ2n) is 4.07. The van der Waals surface area contributed by atoms with Crippen LogP contribution in [0.3, 0.4) is 0 Å². The van der Waals surface area contributed by atoms with Crippen LogP contribution in [0.4, 0.5) is 4.79 Å². The monoisotopic (exact) mass is 237 g/mol. The molecule has 3 nitrogen and oxygen atoms in total. The topological polar surface area (TPSA) is 29.5 Å². The van der Waals surface area contributed by atoms with Gasteiger partial charge >= 0.3 is 6.09 Å². The molecular weight excluding hydrogens is 222 g/mol. The molecule has 0 aromatic heterocycles. The van der Waals surface area contributed by atoms with Crippen LogP contribution < -0.4 is 4.74 Å². The number of ether oxygens (including phenoxy) is 1. The highest BCUT2D eigenvalue weighted by molar-refractivity contribution is 7.81. The Morgan fingerprint density at radius 3 is 2.69 bits per heavy atom. The predicted octanol–water partition coefficient (Wildman–Crippen LogP) is 2.58. The number of hydrogen-bond acceptors (Lipinski definition) is 3. The largest absolute Gasteiger partial charge is 0.415 e. The van der Waals surface area contributed by atoms with Gasteiger partial charge in [-0.2, -0.15) is 12.6 Å². The van der Waals surface area contributed by atoms with Crippen LogP contribution in [0.2, 0.25) is 0 Å². The molecule has 2 atom stereocenters. The number of nitrogens with zero attached hydrogens (tertiary/aromatic N) is 1. The van der Waals surface area contributed by atoms with Gasteiger partial charge in [-0.05, 0) is 25.5 Å². The molecule has 0 spiro atoms. The van der Waals surface area contributed by atoms with Crippen LogP contribution in [-0.4, -0.2) is 28.8 Å². The lowest BCUT2D eigenvalue weighted by molar-refractivity contribution is 0.150. The third kappa shape index (κ3) is 2.50. The fraction of sp³-hybridized carbons (Fsp3) is 0.417. The van der Waals surface area contributed by atoms with Gasteiger partial charge in [0.1, 0.15) is 5.75 Å². The smallest absolute Gasteiger partial charge is 0.410 e. The lowest BCUT2D eigenvalue weighted by atomic mass is 10.2. The molecule has 1 amide bonds. The summed E-state index contributed by atoms with van der Waals surface area (Å²) in [5.41, 5.74) is 0. The Morgan fingerprint density at radius 2 is 2.12 bits per heavy atom. The molecule has 1 heterocycles. The minimum atomic E-state index is -0.282. The van der Waals surface area contributed by atoms with Gasteiger partial charge in [-0.15, -0.1) is 0 Å². The summed E-state index contributed by atoms with van der Waals surface area (Å²) in [6.07, 6.45) is 0.641. The number of carbonyl (C=O) groups excluding carboxylic acids is 1. The van der Waals surface area contributed by atoms with E-state index in [1.807, 2.05) is 25.1 Å². The van der Waals surface area contributed by atoms with Crippen molar-refractivity contribution < 1.29 is 9.53 Å². The number of rotatable bonds is 1. The van der Waals surface area contributed by atoms with Crippen LogP contribution in [0.15, 0.2) is 30.3 Å². The number of para-hydroxylation sites is 1. The van der Waals surface area contributed by atoms with Gasteiger partial charge in [-0.3, -0.25) is 0 Å². The number of amides is 1. The van der Waals surface area contributed by atoms with Gasteiger partial charge in [0.15, 0.2) is 0 Å². The maximum absolute atomic E-state index is 11.8. The SMILES string of the molecule is CC1CC(S)CN1C(=O)Oc1ccccc1. The van der Waals surface area contributed by atoms with E-state index < -0.39 is 0 Å². The summed E-state index contributed by atoms with van der Waals surface area (Å²) in [6, 6.07) is 9.33. The fourth-order valence-corrected chi connectivity index (χ4v) is 2.39. The highest BCUT2D eigenvalue weighted by Crippen LogP contribution is 2.22. The molecule has 86 valence electrons. The standard InChI is InChI=1S/C12H15NO2S/c1-9-7-11(16)8-13(9)12(14)15-10-5-3-2-4-6-10/h2-6,9,11,16H,7-8H2,1H3. The summed E-state index contributed by atoms with van der Waals surface area (Å²) in [4.78, 5) is 13.6. The van der Waals surface area contributed by atoms with E-state index in [1.165, 1.54) is 0 Å². The second-order valence-corrected chi connectivity index (χ2v) is 4.80. The molecule has 2 unspecified atom stereocenters. The molecule has 4 heteroatoms. The predicted molar refractivity (Wildman–Crippen MR) is 66.0 cm³/mol. The molecule has 16 heavy (non-hydrogen) atoms. The van der Waals surface area contributed by atoms with Crippen molar-refractivity contribution in [3.63, 3.8) is 0 Å². The van der Waals surface area contributed by atoms with Crippen LogP contribution in [0.25, 0.3) is 0 Å². The van der Waals surface area contributed by atoms with Crippen molar-refractivity contribution in [3.05, 3.63) is 30.3 Å². The summed E-state index contributed by atoms with van der Waals surface area (Å²) in [5.74, 6) is 0.585. The van der Waals surface area contributed by atoms with Crippen molar-refractivity contribution >= 4 is 18.7 Å². The van der Waals surface area contributed by atoms with E-state index in [0.717, 1.165) is 6.42 Å². The average molecular weight is 237 g/mol. The van der Waals surface area contributed by atoms with E-state index in [-0.39, 0.29) is 17.4 Å². The van der Waals surface area contributed by atoms with Crippen molar-refractivity contribution in [3.8, 4) is 5.75 Å². The maximum Gasteiger partial charge on any atom is 0.415 e. The zero-order valence-electron chi connectivity index (χ0n) is 9.17. The first kappa shape index (κ1) is 11.3. The quantitative estimate of drug-likeness (QED) is 0.761. The molecule has 1 fully saturated rings. The maximum atomic E-state index is 11.8. The zero-order valence-corrected chi connectivity index (χ0v) is 10.1. The van der Waals surface area contributed by atoms with Crippen LogP contribution in [0, 0.1) is 0 Å². The fourth-order valence-electron chi connectivity index (χ4n) is 1.90. The Hall–Kier alpha value is -1.16. The molecular formula is C12H15NO2S. The molecule has 0 N–H and O–H groups in total. The van der Waals surface area contributed by atoms with E-state index in [9.17, 15) is 4.79 Å². The number of hydrogen-bond donors (Lipinski definition) is 1. The van der Waals surface area contributed by atoms with Crippen molar-refractivity contribution in [2.75, 3.05) is 6.54 Å². The normalized spacial score (nSPS) is 24.5. The lowest BCUT2D eigenvalue weighted by Crippen LogP contribution is -2.36. The van der Waals surface area contributed by atoms with E-state index in [0.29, 0.717) is 12.3 Å². The zero-order chi connectivity index (χ0) is 11.5.